The third kappa shape index (κ3) is 4.89. The van der Waals surface area contributed by atoms with Crippen molar-refractivity contribution in [1.82, 2.24) is 4.98 Å². The lowest BCUT2D eigenvalue weighted by Crippen LogP contribution is -2.07. The zero-order valence-corrected chi connectivity index (χ0v) is 15.7. The highest BCUT2D eigenvalue weighted by Gasteiger charge is 2.20. The topological polar surface area (TPSA) is 82.3 Å². The van der Waals surface area contributed by atoms with E-state index in [2.05, 4.69) is 4.98 Å². The Kier molecular flexibility index (Phi) is 5.82. The molecule has 2 aromatic carbocycles. The number of esters is 1. The third-order valence-electron chi connectivity index (χ3n) is 3.47. The highest BCUT2D eigenvalue weighted by atomic mass is 32.2. The maximum Gasteiger partial charge on any atom is 0.339 e. The fourth-order valence-electron chi connectivity index (χ4n) is 2.16. The number of nitro benzene ring substituents is 1. The predicted molar refractivity (Wildman–Crippen MR) is 99.6 cm³/mol. The molecule has 0 aliphatic carbocycles. The van der Waals surface area contributed by atoms with E-state index in [1.807, 2.05) is 12.3 Å². The minimum absolute atomic E-state index is 0.0672. The summed E-state index contributed by atoms with van der Waals surface area (Å²) in [6, 6.07) is 9.57. The lowest BCUT2D eigenvalue weighted by molar-refractivity contribution is -0.384. The molecule has 0 N–H and O–H groups in total. The van der Waals surface area contributed by atoms with Crippen molar-refractivity contribution in [2.24, 2.45) is 0 Å². The van der Waals surface area contributed by atoms with Crippen molar-refractivity contribution in [1.29, 1.82) is 0 Å². The van der Waals surface area contributed by atoms with E-state index in [4.69, 9.17) is 4.74 Å². The quantitative estimate of drug-likeness (QED) is 0.326. The van der Waals surface area contributed by atoms with Gasteiger partial charge in [0.1, 0.15) is 12.4 Å². The summed E-state index contributed by atoms with van der Waals surface area (Å²) in [7, 11) is 0. The van der Waals surface area contributed by atoms with Crippen molar-refractivity contribution in [2.45, 2.75) is 22.8 Å². The molecule has 0 radical (unpaired) electrons. The number of carbonyl (C=O) groups excluding carboxylic acids is 1. The van der Waals surface area contributed by atoms with Crippen molar-refractivity contribution in [3.05, 3.63) is 80.6 Å². The summed E-state index contributed by atoms with van der Waals surface area (Å²) in [6.45, 7) is 1.79. The van der Waals surface area contributed by atoms with E-state index < -0.39 is 10.9 Å². The minimum Gasteiger partial charge on any atom is -0.457 e. The van der Waals surface area contributed by atoms with Crippen LogP contribution in [0.4, 0.5) is 10.1 Å². The number of hydrogen-bond acceptors (Lipinski definition) is 7. The average Bonchev–Trinajstić information content (AvgIpc) is 3.06. The normalized spacial score (nSPS) is 10.6. The van der Waals surface area contributed by atoms with Crippen molar-refractivity contribution in [3.63, 3.8) is 0 Å². The monoisotopic (exact) mass is 404 g/mol. The van der Waals surface area contributed by atoms with Gasteiger partial charge in [-0.15, -0.1) is 11.3 Å². The number of nitrogens with zero attached hydrogens (tertiary/aromatic N) is 2. The summed E-state index contributed by atoms with van der Waals surface area (Å²) in [6.07, 6.45) is 0. The lowest BCUT2D eigenvalue weighted by atomic mass is 10.2. The van der Waals surface area contributed by atoms with Gasteiger partial charge in [0, 0.05) is 28.1 Å². The van der Waals surface area contributed by atoms with Crippen LogP contribution in [0, 0.1) is 22.9 Å². The van der Waals surface area contributed by atoms with Crippen molar-refractivity contribution in [2.75, 3.05) is 0 Å². The Bertz CT molecular complexity index is 989. The van der Waals surface area contributed by atoms with Crippen LogP contribution < -0.4 is 0 Å². The van der Waals surface area contributed by atoms with Crippen LogP contribution in [0.5, 0.6) is 0 Å². The van der Waals surface area contributed by atoms with E-state index in [1.54, 1.807) is 0 Å². The first-order valence-electron chi connectivity index (χ1n) is 7.72. The zero-order valence-electron chi connectivity index (χ0n) is 14.0. The average molecular weight is 404 g/mol. The van der Waals surface area contributed by atoms with Crippen LogP contribution in [-0.4, -0.2) is 15.9 Å². The molecule has 0 spiro atoms. The number of rotatable bonds is 6. The molecule has 9 heteroatoms. The number of aromatic nitrogens is 1. The smallest absolute Gasteiger partial charge is 0.339 e. The maximum atomic E-state index is 13.0. The van der Waals surface area contributed by atoms with Crippen LogP contribution >= 0.6 is 23.1 Å². The van der Waals surface area contributed by atoms with Crippen LogP contribution in [0.15, 0.2) is 57.1 Å². The predicted octanol–water partition coefficient (Wildman–Crippen LogP) is 5.01. The zero-order chi connectivity index (χ0) is 19.4. The first kappa shape index (κ1) is 19.0. The highest BCUT2D eigenvalue weighted by Crippen LogP contribution is 2.34. The second-order valence-corrected chi connectivity index (χ2v) is 7.64. The molecule has 6 nitrogen and oxygen atoms in total. The van der Waals surface area contributed by atoms with E-state index in [0.29, 0.717) is 14.8 Å². The Labute approximate surface area is 162 Å². The molecule has 3 aromatic rings. The molecule has 0 saturated carbocycles. The largest absolute Gasteiger partial charge is 0.457 e. The van der Waals surface area contributed by atoms with E-state index >= 15 is 0 Å². The number of ether oxygens (including phenoxy) is 1. The Morgan fingerprint density at radius 1 is 1.30 bits per heavy atom. The number of thiazole rings is 1. The Morgan fingerprint density at radius 2 is 2.04 bits per heavy atom. The van der Waals surface area contributed by atoms with Gasteiger partial charge in [-0.3, -0.25) is 10.1 Å². The second-order valence-electron chi connectivity index (χ2n) is 5.50. The second kappa shape index (κ2) is 8.28. The van der Waals surface area contributed by atoms with Crippen LogP contribution in [0.25, 0.3) is 0 Å². The number of benzene rings is 2. The van der Waals surface area contributed by atoms with Gasteiger partial charge in [-0.05, 0) is 30.7 Å². The molecule has 27 heavy (non-hydrogen) atoms. The van der Waals surface area contributed by atoms with Gasteiger partial charge in [0.25, 0.3) is 5.69 Å². The molecule has 0 aliphatic heterocycles. The first-order valence-corrected chi connectivity index (χ1v) is 9.42. The van der Waals surface area contributed by atoms with Gasteiger partial charge in [-0.1, -0.05) is 23.9 Å². The summed E-state index contributed by atoms with van der Waals surface area (Å²) in [5.74, 6) is -1.08. The van der Waals surface area contributed by atoms with Gasteiger partial charge in [0.05, 0.1) is 10.5 Å². The van der Waals surface area contributed by atoms with Gasteiger partial charge < -0.3 is 4.74 Å². The number of non-ortho nitro benzene ring substituents is 1. The molecule has 0 atom stereocenters. The SMILES string of the molecule is Cc1csc(Sc2ccc([N+](=O)[O-])cc2C(=O)OCc2ccc(F)cc2)n1. The van der Waals surface area contributed by atoms with E-state index in [-0.39, 0.29) is 23.7 Å². The molecule has 3 rings (SSSR count). The summed E-state index contributed by atoms with van der Waals surface area (Å²) in [4.78, 5) is 27.9. The Balaban J connectivity index is 1.83. The van der Waals surface area contributed by atoms with E-state index in [1.165, 1.54) is 65.6 Å². The number of hydrogen-bond donors (Lipinski definition) is 0. The molecule has 0 fully saturated rings. The van der Waals surface area contributed by atoms with Crippen molar-refractivity contribution in [3.8, 4) is 0 Å². The lowest BCUT2D eigenvalue weighted by Gasteiger charge is -2.09. The van der Waals surface area contributed by atoms with Crippen LogP contribution in [0.1, 0.15) is 21.6 Å². The van der Waals surface area contributed by atoms with E-state index in [0.717, 1.165) is 5.69 Å². The number of aryl methyl sites for hydroxylation is 1. The van der Waals surface area contributed by atoms with Crippen LogP contribution in [0.3, 0.4) is 0 Å². The molecule has 138 valence electrons. The van der Waals surface area contributed by atoms with Crippen molar-refractivity contribution >= 4 is 34.8 Å². The molecule has 1 heterocycles. The molecule has 0 saturated heterocycles. The van der Waals surface area contributed by atoms with Crippen LogP contribution in [0.2, 0.25) is 0 Å². The first-order chi connectivity index (χ1) is 12.9. The Morgan fingerprint density at radius 3 is 2.67 bits per heavy atom. The molecule has 0 amide bonds. The summed E-state index contributed by atoms with van der Waals surface area (Å²) >= 11 is 2.66. The summed E-state index contributed by atoms with van der Waals surface area (Å²) < 4.78 is 18.9. The molecular weight excluding hydrogens is 391 g/mol. The van der Waals surface area contributed by atoms with Crippen molar-refractivity contribution < 1.29 is 18.8 Å². The standard InChI is InChI=1S/C18H13FN2O4S2/c1-11-10-26-18(20-11)27-16-7-6-14(21(23)24)8-15(16)17(22)25-9-12-2-4-13(19)5-3-12/h2-8,10H,9H2,1H3. The maximum absolute atomic E-state index is 13.0. The fourth-order valence-corrected chi connectivity index (χ4v) is 4.05. The Hall–Kier alpha value is -2.78. The fraction of sp³-hybridized carbons (Fsp3) is 0.111. The molecule has 1 aromatic heterocycles. The molecule has 0 aliphatic rings. The number of carbonyl (C=O) groups is 1. The van der Waals surface area contributed by atoms with Gasteiger partial charge in [-0.25, -0.2) is 14.2 Å². The van der Waals surface area contributed by atoms with Gasteiger partial charge in [0.15, 0.2) is 4.34 Å². The minimum atomic E-state index is -0.696. The summed E-state index contributed by atoms with van der Waals surface area (Å²) in [5.41, 5.74) is 1.34. The molecule has 0 bridgehead atoms. The number of halogens is 1. The van der Waals surface area contributed by atoms with Gasteiger partial charge in [-0.2, -0.15) is 0 Å². The molecule has 0 unspecified atom stereocenters. The summed E-state index contributed by atoms with van der Waals surface area (Å²) in [5, 5.41) is 12.9. The third-order valence-corrected chi connectivity index (χ3v) is 5.60. The number of nitro groups is 1. The van der Waals surface area contributed by atoms with Crippen LogP contribution in [-0.2, 0) is 11.3 Å². The highest BCUT2D eigenvalue weighted by molar-refractivity contribution is 8.01. The van der Waals surface area contributed by atoms with E-state index in [9.17, 15) is 19.3 Å². The van der Waals surface area contributed by atoms with Gasteiger partial charge >= 0.3 is 5.97 Å². The molecular formula is C18H13FN2O4S2. The van der Waals surface area contributed by atoms with Gasteiger partial charge in [0.2, 0.25) is 0 Å².